The van der Waals surface area contributed by atoms with Gasteiger partial charge >= 0.3 is 32.9 Å². The van der Waals surface area contributed by atoms with E-state index in [1.54, 1.807) is 0 Å². The first-order valence-electron chi connectivity index (χ1n) is 1.47. The molecule has 0 unspecified atom stereocenters. The van der Waals surface area contributed by atoms with E-state index in [2.05, 4.69) is 4.65 Å². The minimum atomic E-state index is -1.82. The summed E-state index contributed by atoms with van der Waals surface area (Å²) < 4.78 is 3.71. The molecule has 0 aliphatic heterocycles. The molecule has 38 valence electrons. The molecule has 0 aromatic heterocycles. The minimum Gasteiger partial charge on any atom is -0.539 e. The van der Waals surface area contributed by atoms with E-state index in [9.17, 15) is 14.7 Å². The Balaban J connectivity index is 0. The van der Waals surface area contributed by atoms with Gasteiger partial charge in [-0.15, -0.1) is 0 Å². The first kappa shape index (κ1) is 10.6. The summed E-state index contributed by atoms with van der Waals surface area (Å²) in [5, 5.41) is 9.34. The van der Waals surface area contributed by atoms with E-state index in [1.165, 1.54) is 0 Å². The van der Waals surface area contributed by atoms with Gasteiger partial charge < -0.3 is 14.6 Å². The number of rotatable bonds is 0. The average molecular weight is 108 g/mol. The number of carboxylic acids is 1. The van der Waals surface area contributed by atoms with E-state index in [0.717, 1.165) is 8.05 Å². The number of hydrogen-bond acceptors (Lipinski definition) is 4. The zero-order valence-corrected chi connectivity index (χ0v) is 4.63. The summed E-state index contributed by atoms with van der Waals surface area (Å²) in [4.78, 5) is 19.0. The minimum absolute atomic E-state index is 0. The Morgan fingerprint density at radius 3 is 1.88 bits per heavy atom. The molecule has 0 heterocycles. The van der Waals surface area contributed by atoms with Gasteiger partial charge in [0.1, 0.15) is 0 Å². The predicted molar refractivity (Wildman–Crippen MR) is 19.6 cm³/mol. The Morgan fingerprint density at radius 2 is 1.88 bits per heavy atom. The van der Waals surface area contributed by atoms with Gasteiger partial charge in [0.05, 0.1) is 0 Å². The molecule has 0 fully saturated rings. The van der Waals surface area contributed by atoms with Crippen molar-refractivity contribution in [3.63, 3.8) is 0 Å². The molecule has 0 aromatic carbocycles. The van der Waals surface area contributed by atoms with Crippen LogP contribution in [0.5, 0.6) is 0 Å². The smallest absolute Gasteiger partial charge is 0.539 e. The fourth-order valence-corrected chi connectivity index (χ4v) is 0.0833. The largest absolute Gasteiger partial charge is 1.00 e. The second kappa shape index (κ2) is 4.75. The molecular formula is C2H2BLiO4. The molecule has 0 aliphatic rings. The van der Waals surface area contributed by atoms with E-state index in [1.807, 2.05) is 0 Å². The van der Waals surface area contributed by atoms with E-state index in [0.29, 0.717) is 0 Å². The first-order chi connectivity index (χ1) is 3.18. The van der Waals surface area contributed by atoms with Crippen LogP contribution >= 0.6 is 0 Å². The molecule has 0 aliphatic carbocycles. The van der Waals surface area contributed by atoms with Gasteiger partial charge in [0.25, 0.3) is 0 Å². The summed E-state index contributed by atoms with van der Waals surface area (Å²) in [5.74, 6) is -3.16. The standard InChI is InChI=1S/C2H3BO4.Li/c3-7-2(6)1(4)5;/h3H2,(H,4,5);/q;+1/p-1. The van der Waals surface area contributed by atoms with Crippen molar-refractivity contribution in [3.05, 3.63) is 0 Å². The monoisotopic (exact) mass is 108 g/mol. The van der Waals surface area contributed by atoms with Crippen LogP contribution in [0.2, 0.25) is 0 Å². The fourth-order valence-electron chi connectivity index (χ4n) is 0.0833. The Kier molecular flexibility index (Phi) is 6.27. The Hall–Kier alpha value is -0.398. The van der Waals surface area contributed by atoms with Crippen LogP contribution in [0.25, 0.3) is 0 Å². The number of hydrogen-bond donors (Lipinski definition) is 0. The van der Waals surface area contributed by atoms with E-state index in [-0.39, 0.29) is 18.9 Å². The molecule has 0 N–H and O–H groups in total. The molecule has 0 saturated carbocycles. The molecule has 4 nitrogen and oxygen atoms in total. The molecule has 0 spiro atoms. The zero-order valence-electron chi connectivity index (χ0n) is 4.63. The first-order valence-corrected chi connectivity index (χ1v) is 1.47. The summed E-state index contributed by atoms with van der Waals surface area (Å²) in [5.41, 5.74) is 0. The molecular weight excluding hydrogens is 106 g/mol. The summed E-state index contributed by atoms with van der Waals surface area (Å²) >= 11 is 0. The van der Waals surface area contributed by atoms with Crippen molar-refractivity contribution in [1.29, 1.82) is 0 Å². The molecule has 0 bridgehead atoms. The number of carboxylic acid groups (broad SMARTS) is 1. The van der Waals surface area contributed by atoms with Crippen LogP contribution in [0.1, 0.15) is 0 Å². The molecule has 0 radical (unpaired) electrons. The molecule has 8 heavy (non-hydrogen) atoms. The van der Waals surface area contributed by atoms with E-state index >= 15 is 0 Å². The average Bonchev–Trinajstić information content (AvgIpc) is 1.65. The maximum atomic E-state index is 9.63. The molecule has 0 amide bonds. The number of carbonyl (C=O) groups excluding carboxylic acids is 2. The second-order valence-electron chi connectivity index (χ2n) is 0.779. The topological polar surface area (TPSA) is 66.4 Å². The van der Waals surface area contributed by atoms with Crippen LogP contribution in [0, 0.1) is 0 Å². The molecule has 0 aromatic rings. The van der Waals surface area contributed by atoms with Crippen molar-refractivity contribution in [2.75, 3.05) is 0 Å². The quantitative estimate of drug-likeness (QED) is 0.228. The Morgan fingerprint density at radius 1 is 1.50 bits per heavy atom. The maximum Gasteiger partial charge on any atom is 1.00 e. The Labute approximate surface area is 58.8 Å². The summed E-state index contributed by atoms with van der Waals surface area (Å²) in [6.45, 7) is 0. The van der Waals surface area contributed by atoms with E-state index in [4.69, 9.17) is 0 Å². The van der Waals surface area contributed by atoms with Crippen LogP contribution in [0.4, 0.5) is 0 Å². The van der Waals surface area contributed by atoms with Crippen LogP contribution in [0.15, 0.2) is 0 Å². The van der Waals surface area contributed by atoms with Crippen LogP contribution in [-0.4, -0.2) is 20.0 Å². The third kappa shape index (κ3) is 3.78. The van der Waals surface area contributed by atoms with Gasteiger partial charge in [-0.25, -0.2) is 4.79 Å². The summed E-state index contributed by atoms with van der Waals surface area (Å²) in [6.07, 6.45) is 0. The summed E-state index contributed by atoms with van der Waals surface area (Å²) in [7, 11) is 0.970. The molecule has 0 atom stereocenters. The van der Waals surface area contributed by atoms with E-state index < -0.39 is 11.9 Å². The van der Waals surface area contributed by atoms with Gasteiger partial charge in [0.2, 0.25) is 0 Å². The third-order valence-corrected chi connectivity index (χ3v) is 0.352. The maximum absolute atomic E-state index is 9.63. The third-order valence-electron chi connectivity index (χ3n) is 0.352. The SMILES string of the molecule is BOC(=O)C(=O)[O-].[Li+]. The van der Waals surface area contributed by atoms with Gasteiger partial charge in [-0.3, -0.25) is 0 Å². The molecule has 6 heteroatoms. The normalized spacial score (nSPS) is 6.50. The van der Waals surface area contributed by atoms with Crippen molar-refractivity contribution in [1.82, 2.24) is 0 Å². The van der Waals surface area contributed by atoms with Crippen molar-refractivity contribution in [2.45, 2.75) is 0 Å². The van der Waals surface area contributed by atoms with Gasteiger partial charge in [0, 0.05) is 0 Å². The van der Waals surface area contributed by atoms with Crippen molar-refractivity contribution < 1.29 is 38.2 Å². The fraction of sp³-hybridized carbons (Fsp3) is 0. The molecule has 0 rings (SSSR count). The zero-order chi connectivity index (χ0) is 5.86. The second-order valence-corrected chi connectivity index (χ2v) is 0.779. The van der Waals surface area contributed by atoms with Crippen LogP contribution in [-0.2, 0) is 14.2 Å². The molecule has 0 saturated heterocycles. The van der Waals surface area contributed by atoms with Crippen LogP contribution < -0.4 is 24.0 Å². The van der Waals surface area contributed by atoms with Gasteiger partial charge in [-0.05, 0) is 0 Å². The Bertz CT molecular complexity index is 102. The summed E-state index contributed by atoms with van der Waals surface area (Å²) in [6, 6.07) is 0. The van der Waals surface area contributed by atoms with Gasteiger partial charge in [0.15, 0.2) is 5.97 Å². The van der Waals surface area contributed by atoms with Crippen molar-refractivity contribution in [2.24, 2.45) is 0 Å². The van der Waals surface area contributed by atoms with Gasteiger partial charge in [-0.2, -0.15) is 0 Å². The van der Waals surface area contributed by atoms with Gasteiger partial charge in [-0.1, -0.05) is 0 Å². The predicted octanol–water partition coefficient (Wildman–Crippen LogP) is -6.17. The van der Waals surface area contributed by atoms with Crippen molar-refractivity contribution >= 4 is 20.0 Å². The number of carbonyl (C=O) groups is 2. The van der Waals surface area contributed by atoms with Crippen LogP contribution in [0.3, 0.4) is 0 Å². The number of aliphatic carboxylic acids is 1. The van der Waals surface area contributed by atoms with Crippen molar-refractivity contribution in [3.8, 4) is 0 Å².